The number of rotatable bonds is 8. The topological polar surface area (TPSA) is 89.3 Å². The molecule has 0 aromatic rings. The van der Waals surface area contributed by atoms with Crippen molar-refractivity contribution in [3.63, 3.8) is 0 Å². The monoisotopic (exact) mass is 296 g/mol. The van der Waals surface area contributed by atoms with E-state index in [0.29, 0.717) is 12.8 Å². The van der Waals surface area contributed by atoms with Crippen molar-refractivity contribution in [2.75, 3.05) is 5.75 Å². The molecule has 0 spiro atoms. The lowest BCUT2D eigenvalue weighted by Crippen LogP contribution is -2.48. The smallest absolute Gasteiger partial charge is 0.304 e. The van der Waals surface area contributed by atoms with E-state index >= 15 is 0 Å². The van der Waals surface area contributed by atoms with Crippen LogP contribution in [0.4, 0.5) is 3.89 Å². The van der Waals surface area contributed by atoms with Crippen LogP contribution in [0.25, 0.3) is 0 Å². The SMILES string of the molecule is CC(C)C[C@@H](CS(=O)(=O)F)NC(=O)[C@@H](N)CC(C)C. The lowest BCUT2D eigenvalue weighted by molar-refractivity contribution is -0.123. The molecule has 2 atom stereocenters. The zero-order valence-corrected chi connectivity index (χ0v) is 12.8. The van der Waals surface area contributed by atoms with Gasteiger partial charge in [0.05, 0.1) is 6.04 Å². The van der Waals surface area contributed by atoms with Gasteiger partial charge in [-0.1, -0.05) is 27.7 Å². The second-order valence-corrected chi connectivity index (χ2v) is 7.19. The van der Waals surface area contributed by atoms with Crippen molar-refractivity contribution in [1.82, 2.24) is 5.32 Å². The maximum Gasteiger partial charge on any atom is 0.304 e. The summed E-state index contributed by atoms with van der Waals surface area (Å²) < 4.78 is 34.1. The van der Waals surface area contributed by atoms with Crippen LogP contribution in [0.15, 0.2) is 0 Å². The second-order valence-electron chi connectivity index (χ2n) is 5.78. The lowest BCUT2D eigenvalue weighted by atomic mass is 10.0. The van der Waals surface area contributed by atoms with E-state index in [0.717, 1.165) is 0 Å². The molecule has 0 aromatic heterocycles. The van der Waals surface area contributed by atoms with Gasteiger partial charge in [-0.15, -0.1) is 3.89 Å². The molecule has 7 heteroatoms. The van der Waals surface area contributed by atoms with Crippen molar-refractivity contribution in [2.45, 2.75) is 52.6 Å². The molecule has 0 unspecified atom stereocenters. The fourth-order valence-electron chi connectivity index (χ4n) is 1.90. The largest absolute Gasteiger partial charge is 0.351 e. The molecular formula is C12H25FN2O3S. The van der Waals surface area contributed by atoms with Crippen molar-refractivity contribution in [1.29, 1.82) is 0 Å². The molecule has 3 N–H and O–H groups in total. The Bertz CT molecular complexity index is 382. The summed E-state index contributed by atoms with van der Waals surface area (Å²) in [6.07, 6.45) is 0.895. The number of nitrogens with one attached hydrogen (secondary N) is 1. The van der Waals surface area contributed by atoms with Crippen molar-refractivity contribution >= 4 is 16.1 Å². The molecule has 0 aliphatic carbocycles. The third-order valence-electron chi connectivity index (χ3n) is 2.56. The zero-order chi connectivity index (χ0) is 15.2. The Hall–Kier alpha value is -0.690. The van der Waals surface area contributed by atoms with E-state index in [1.165, 1.54) is 0 Å². The number of hydrogen-bond donors (Lipinski definition) is 2. The quantitative estimate of drug-likeness (QED) is 0.658. The highest BCUT2D eigenvalue weighted by Gasteiger charge is 2.24. The zero-order valence-electron chi connectivity index (χ0n) is 12.0. The summed E-state index contributed by atoms with van der Waals surface area (Å²) in [6, 6.07) is -1.43. The van der Waals surface area contributed by atoms with Crippen LogP contribution in [0.5, 0.6) is 0 Å². The van der Waals surface area contributed by atoms with E-state index in [4.69, 9.17) is 5.73 Å². The second kappa shape index (κ2) is 7.79. The first kappa shape index (κ1) is 18.3. The molecule has 114 valence electrons. The molecule has 0 aliphatic rings. The van der Waals surface area contributed by atoms with E-state index in [1.54, 1.807) is 0 Å². The summed E-state index contributed by atoms with van der Waals surface area (Å²) in [5.74, 6) is -0.726. The summed E-state index contributed by atoms with van der Waals surface area (Å²) in [7, 11) is -4.62. The Morgan fingerprint density at radius 1 is 1.16 bits per heavy atom. The van der Waals surface area contributed by atoms with E-state index in [2.05, 4.69) is 5.32 Å². The minimum atomic E-state index is -4.62. The number of carbonyl (C=O) groups is 1. The molecular weight excluding hydrogens is 271 g/mol. The molecule has 0 fully saturated rings. The average Bonchev–Trinajstić information content (AvgIpc) is 2.11. The Morgan fingerprint density at radius 3 is 2.00 bits per heavy atom. The molecule has 5 nitrogen and oxygen atoms in total. The highest BCUT2D eigenvalue weighted by molar-refractivity contribution is 7.86. The van der Waals surface area contributed by atoms with Crippen LogP contribution < -0.4 is 11.1 Å². The first-order valence-corrected chi connectivity index (χ1v) is 8.04. The molecule has 0 aromatic carbocycles. The minimum Gasteiger partial charge on any atom is -0.351 e. The van der Waals surface area contributed by atoms with Crippen molar-refractivity contribution in [3.05, 3.63) is 0 Å². The third-order valence-corrected chi connectivity index (χ3v) is 3.37. The van der Waals surface area contributed by atoms with Gasteiger partial charge in [0.25, 0.3) is 0 Å². The lowest BCUT2D eigenvalue weighted by Gasteiger charge is -2.22. The van der Waals surface area contributed by atoms with E-state index in [1.807, 2.05) is 27.7 Å². The van der Waals surface area contributed by atoms with Gasteiger partial charge in [-0.2, -0.15) is 8.42 Å². The Morgan fingerprint density at radius 2 is 1.63 bits per heavy atom. The third kappa shape index (κ3) is 9.84. The van der Waals surface area contributed by atoms with Crippen LogP contribution in [0.1, 0.15) is 40.5 Å². The van der Waals surface area contributed by atoms with Gasteiger partial charge in [-0.25, -0.2) is 0 Å². The molecule has 1 amide bonds. The predicted molar refractivity (Wildman–Crippen MR) is 73.7 cm³/mol. The summed E-state index contributed by atoms with van der Waals surface area (Å²) in [5.41, 5.74) is 5.71. The number of amides is 1. The molecule has 0 saturated carbocycles. The van der Waals surface area contributed by atoms with Gasteiger partial charge in [0.1, 0.15) is 5.75 Å². The molecule has 0 bridgehead atoms. The van der Waals surface area contributed by atoms with Crippen LogP contribution in [-0.2, 0) is 15.0 Å². The number of carbonyl (C=O) groups excluding carboxylic acids is 1. The van der Waals surface area contributed by atoms with Crippen LogP contribution in [0, 0.1) is 11.8 Å². The number of hydrogen-bond acceptors (Lipinski definition) is 4. The summed E-state index contributed by atoms with van der Waals surface area (Å²) in [5, 5.41) is 2.53. The van der Waals surface area contributed by atoms with Crippen LogP contribution in [0.2, 0.25) is 0 Å². The molecule has 0 heterocycles. The maximum absolute atomic E-state index is 12.7. The number of nitrogens with two attached hydrogens (primary N) is 1. The summed E-state index contributed by atoms with van der Waals surface area (Å²) >= 11 is 0. The molecule has 0 rings (SSSR count). The van der Waals surface area contributed by atoms with Gasteiger partial charge < -0.3 is 11.1 Å². The van der Waals surface area contributed by atoms with Gasteiger partial charge in [0.15, 0.2) is 0 Å². The van der Waals surface area contributed by atoms with Crippen molar-refractivity contribution in [2.24, 2.45) is 17.6 Å². The van der Waals surface area contributed by atoms with Crippen LogP contribution >= 0.6 is 0 Å². The first-order chi connectivity index (χ1) is 8.51. The maximum atomic E-state index is 12.7. The van der Waals surface area contributed by atoms with Gasteiger partial charge in [-0.05, 0) is 24.7 Å². The highest BCUT2D eigenvalue weighted by atomic mass is 32.3. The van der Waals surface area contributed by atoms with E-state index < -0.39 is 34.0 Å². The standard InChI is InChI=1S/C12H25FN2O3S/c1-8(2)5-10(7-19(13,17)18)15-12(16)11(14)6-9(3)4/h8-11H,5-7,14H2,1-4H3,(H,15,16)/t10-,11-/m0/s1. The number of halogens is 1. The Labute approximate surface area is 115 Å². The average molecular weight is 296 g/mol. The van der Waals surface area contributed by atoms with Crippen LogP contribution in [-0.4, -0.2) is 32.2 Å². The minimum absolute atomic E-state index is 0.147. The molecule has 19 heavy (non-hydrogen) atoms. The van der Waals surface area contributed by atoms with Crippen molar-refractivity contribution < 1.29 is 17.1 Å². The van der Waals surface area contributed by atoms with Gasteiger partial charge >= 0.3 is 10.2 Å². The highest BCUT2D eigenvalue weighted by Crippen LogP contribution is 2.09. The summed E-state index contributed by atoms with van der Waals surface area (Å²) in [4.78, 5) is 11.8. The predicted octanol–water partition coefficient (Wildman–Crippen LogP) is 1.19. The van der Waals surface area contributed by atoms with Crippen molar-refractivity contribution in [3.8, 4) is 0 Å². The Kier molecular flexibility index (Phi) is 7.51. The fourth-order valence-corrected chi connectivity index (χ4v) is 2.60. The normalized spacial score (nSPS) is 15.6. The van der Waals surface area contributed by atoms with Crippen LogP contribution in [0.3, 0.4) is 0 Å². The summed E-state index contributed by atoms with van der Waals surface area (Å²) in [6.45, 7) is 7.62. The Balaban J connectivity index is 4.58. The fraction of sp³-hybridized carbons (Fsp3) is 0.917. The van der Waals surface area contributed by atoms with Gasteiger partial charge in [-0.3, -0.25) is 4.79 Å². The molecule has 0 aliphatic heterocycles. The molecule has 0 saturated heterocycles. The van der Waals surface area contributed by atoms with Gasteiger partial charge in [0.2, 0.25) is 5.91 Å². The molecule has 0 radical (unpaired) electrons. The van der Waals surface area contributed by atoms with E-state index in [9.17, 15) is 17.1 Å². The first-order valence-electron chi connectivity index (χ1n) is 6.49. The van der Waals surface area contributed by atoms with E-state index in [-0.39, 0.29) is 11.8 Å². The van der Waals surface area contributed by atoms with Gasteiger partial charge in [0, 0.05) is 6.04 Å².